The van der Waals surface area contributed by atoms with Crippen LogP contribution in [0.25, 0.3) is 15.9 Å². The standard InChI is InChI=1S/C24H20F2N4O3S/c1-13-4-2-7-18(27-13)28-20-15-8-9-19(32)30(21-16(25)5-3-6-17(21)26)24(15)34-22(20)23(33)29-11-10-14(31)12-29/h2-9,14,31H,10-12H2,1H3,(H,27,28). The fourth-order valence-corrected chi connectivity index (χ4v) is 5.31. The Bertz CT molecular complexity index is 1460. The van der Waals surface area contributed by atoms with Gasteiger partial charge in [-0.05, 0) is 43.7 Å². The Labute approximate surface area is 196 Å². The highest BCUT2D eigenvalue weighted by Gasteiger charge is 2.30. The Balaban J connectivity index is 1.75. The van der Waals surface area contributed by atoms with E-state index in [1.54, 1.807) is 6.07 Å². The van der Waals surface area contributed by atoms with E-state index >= 15 is 0 Å². The second-order valence-corrected chi connectivity index (χ2v) is 9.08. The first kappa shape index (κ1) is 22.2. The molecule has 0 saturated carbocycles. The van der Waals surface area contributed by atoms with E-state index in [1.807, 2.05) is 19.1 Å². The predicted octanol–water partition coefficient (Wildman–Crippen LogP) is 3.98. The summed E-state index contributed by atoms with van der Waals surface area (Å²) in [5, 5.41) is 13.5. The van der Waals surface area contributed by atoms with Crippen LogP contribution >= 0.6 is 11.3 Å². The van der Waals surface area contributed by atoms with Crippen molar-refractivity contribution in [3.8, 4) is 5.69 Å². The van der Waals surface area contributed by atoms with Gasteiger partial charge >= 0.3 is 0 Å². The van der Waals surface area contributed by atoms with Gasteiger partial charge in [0.05, 0.1) is 11.8 Å². The lowest BCUT2D eigenvalue weighted by molar-refractivity contribution is 0.0770. The van der Waals surface area contributed by atoms with Gasteiger partial charge in [0.25, 0.3) is 11.5 Å². The van der Waals surface area contributed by atoms with E-state index < -0.39 is 29.0 Å². The fraction of sp³-hybridized carbons (Fsp3) is 0.208. The molecule has 0 bridgehead atoms. The van der Waals surface area contributed by atoms with Gasteiger partial charge in [-0.25, -0.2) is 13.8 Å². The molecule has 34 heavy (non-hydrogen) atoms. The zero-order valence-corrected chi connectivity index (χ0v) is 18.9. The van der Waals surface area contributed by atoms with Crippen molar-refractivity contribution in [2.24, 2.45) is 0 Å². The lowest BCUT2D eigenvalue weighted by atomic mass is 10.2. The van der Waals surface area contributed by atoms with Crippen LogP contribution in [0.2, 0.25) is 0 Å². The molecule has 1 fully saturated rings. The Morgan fingerprint density at radius 3 is 2.56 bits per heavy atom. The van der Waals surface area contributed by atoms with Crippen molar-refractivity contribution in [2.45, 2.75) is 19.4 Å². The number of hydrogen-bond donors (Lipinski definition) is 2. The molecule has 0 aliphatic carbocycles. The molecule has 1 saturated heterocycles. The summed E-state index contributed by atoms with van der Waals surface area (Å²) in [7, 11) is 0. The molecule has 1 unspecified atom stereocenters. The number of thiophene rings is 1. The number of carbonyl (C=O) groups excluding carboxylic acids is 1. The minimum atomic E-state index is -0.895. The van der Waals surface area contributed by atoms with E-state index in [1.165, 1.54) is 23.1 Å². The lowest BCUT2D eigenvalue weighted by Crippen LogP contribution is -2.29. The molecular weight excluding hydrogens is 462 g/mol. The number of aliphatic hydroxyl groups excluding tert-OH is 1. The smallest absolute Gasteiger partial charge is 0.266 e. The van der Waals surface area contributed by atoms with Crippen LogP contribution in [0.5, 0.6) is 0 Å². The third-order valence-electron chi connectivity index (χ3n) is 5.69. The summed E-state index contributed by atoms with van der Waals surface area (Å²) in [6, 6.07) is 11.5. The fourth-order valence-electron chi connectivity index (χ4n) is 4.08. The summed E-state index contributed by atoms with van der Waals surface area (Å²) in [6.45, 7) is 2.39. The van der Waals surface area contributed by atoms with Gasteiger partial charge in [-0.1, -0.05) is 12.1 Å². The number of β-amino-alcohol motifs (C(OH)–C–C–N with tert-alkyl or cyclic N) is 1. The van der Waals surface area contributed by atoms with E-state index in [9.17, 15) is 23.5 Å². The van der Waals surface area contributed by atoms with Crippen molar-refractivity contribution in [3.63, 3.8) is 0 Å². The highest BCUT2D eigenvalue weighted by Crippen LogP contribution is 2.39. The summed E-state index contributed by atoms with van der Waals surface area (Å²) >= 11 is 0.963. The highest BCUT2D eigenvalue weighted by molar-refractivity contribution is 7.21. The predicted molar refractivity (Wildman–Crippen MR) is 126 cm³/mol. The van der Waals surface area contributed by atoms with E-state index in [-0.39, 0.29) is 22.2 Å². The summed E-state index contributed by atoms with van der Waals surface area (Å²) < 4.78 is 30.3. The third kappa shape index (κ3) is 3.84. The van der Waals surface area contributed by atoms with Crippen LogP contribution in [0.4, 0.5) is 20.3 Å². The number of aliphatic hydroxyl groups is 1. The zero-order chi connectivity index (χ0) is 24.0. The Hall–Kier alpha value is -3.63. The molecule has 0 spiro atoms. The maximum atomic E-state index is 14.7. The van der Waals surface area contributed by atoms with Crippen molar-refractivity contribution in [1.29, 1.82) is 0 Å². The number of amides is 1. The first-order chi connectivity index (χ1) is 16.3. The molecule has 3 aromatic heterocycles. The SMILES string of the molecule is Cc1cccc(Nc2c(C(=O)N3CCC(O)C3)sc3c2ccc(=O)n3-c2c(F)cccc2F)n1. The Morgan fingerprint density at radius 1 is 1.15 bits per heavy atom. The van der Waals surface area contributed by atoms with E-state index in [0.717, 1.165) is 33.7 Å². The lowest BCUT2D eigenvalue weighted by Gasteiger charge is -2.16. The number of halogens is 2. The molecule has 1 aliphatic rings. The van der Waals surface area contributed by atoms with Crippen molar-refractivity contribution >= 4 is 39.0 Å². The number of likely N-dealkylation sites (tertiary alicyclic amines) is 1. The zero-order valence-electron chi connectivity index (χ0n) is 18.1. The van der Waals surface area contributed by atoms with Gasteiger partial charge in [-0.2, -0.15) is 0 Å². The molecule has 4 aromatic rings. The first-order valence-electron chi connectivity index (χ1n) is 10.6. The maximum Gasteiger partial charge on any atom is 0.266 e. The van der Waals surface area contributed by atoms with E-state index in [2.05, 4.69) is 10.3 Å². The number of anilines is 2. The van der Waals surface area contributed by atoms with Crippen molar-refractivity contribution in [3.05, 3.63) is 81.1 Å². The minimum Gasteiger partial charge on any atom is -0.391 e. The van der Waals surface area contributed by atoms with Gasteiger partial charge in [0, 0.05) is 30.2 Å². The van der Waals surface area contributed by atoms with Crippen molar-refractivity contribution < 1.29 is 18.7 Å². The highest BCUT2D eigenvalue weighted by atomic mass is 32.1. The molecule has 4 heterocycles. The molecular formula is C24H20F2N4O3S. The van der Waals surface area contributed by atoms with Crippen LogP contribution in [-0.2, 0) is 0 Å². The quantitative estimate of drug-likeness (QED) is 0.460. The van der Waals surface area contributed by atoms with Gasteiger partial charge in [-0.3, -0.25) is 14.2 Å². The number of fused-ring (bicyclic) bond motifs is 1. The first-order valence-corrected chi connectivity index (χ1v) is 11.5. The second kappa shape index (κ2) is 8.62. The number of nitrogens with zero attached hydrogens (tertiary/aromatic N) is 3. The monoisotopic (exact) mass is 482 g/mol. The van der Waals surface area contributed by atoms with Gasteiger partial charge in [-0.15, -0.1) is 11.3 Å². The Morgan fingerprint density at radius 2 is 1.88 bits per heavy atom. The molecule has 10 heteroatoms. The molecule has 1 atom stereocenters. The number of carbonyl (C=O) groups is 1. The number of para-hydroxylation sites is 1. The molecule has 174 valence electrons. The van der Waals surface area contributed by atoms with Crippen LogP contribution in [-0.4, -0.2) is 44.7 Å². The molecule has 1 aromatic carbocycles. The molecule has 0 radical (unpaired) electrons. The number of benzene rings is 1. The molecule has 2 N–H and O–H groups in total. The number of pyridine rings is 2. The van der Waals surface area contributed by atoms with Gasteiger partial charge in [0.15, 0.2) is 0 Å². The summed E-state index contributed by atoms with van der Waals surface area (Å²) in [5.41, 5.74) is 0.00384. The second-order valence-electron chi connectivity index (χ2n) is 8.09. The number of hydrogen-bond acceptors (Lipinski definition) is 6. The minimum absolute atomic E-state index is 0.184. The van der Waals surface area contributed by atoms with Crippen LogP contribution in [0, 0.1) is 18.6 Å². The summed E-state index contributed by atoms with van der Waals surface area (Å²) in [4.78, 5) is 32.7. The Kier molecular flexibility index (Phi) is 5.62. The van der Waals surface area contributed by atoms with Gasteiger partial charge in [0.2, 0.25) is 0 Å². The van der Waals surface area contributed by atoms with Crippen LogP contribution in [0.3, 0.4) is 0 Å². The van der Waals surface area contributed by atoms with E-state index in [0.29, 0.717) is 29.9 Å². The number of nitrogens with one attached hydrogen (secondary N) is 1. The normalized spacial score (nSPS) is 15.8. The largest absolute Gasteiger partial charge is 0.391 e. The van der Waals surface area contributed by atoms with E-state index in [4.69, 9.17) is 0 Å². The van der Waals surface area contributed by atoms with Gasteiger partial charge in [0.1, 0.15) is 32.8 Å². The molecule has 5 rings (SSSR count). The molecule has 1 amide bonds. The topological polar surface area (TPSA) is 87.5 Å². The average Bonchev–Trinajstić information content (AvgIpc) is 3.38. The van der Waals surface area contributed by atoms with Crippen molar-refractivity contribution in [2.75, 3.05) is 18.4 Å². The molecule has 7 nitrogen and oxygen atoms in total. The van der Waals surface area contributed by atoms with Crippen LogP contribution in [0.1, 0.15) is 21.8 Å². The molecule has 1 aliphatic heterocycles. The van der Waals surface area contributed by atoms with Crippen molar-refractivity contribution in [1.82, 2.24) is 14.5 Å². The van der Waals surface area contributed by atoms with Crippen LogP contribution in [0.15, 0.2) is 53.3 Å². The van der Waals surface area contributed by atoms with Crippen LogP contribution < -0.4 is 10.9 Å². The number of aryl methyl sites for hydroxylation is 1. The number of rotatable bonds is 4. The maximum absolute atomic E-state index is 14.7. The van der Waals surface area contributed by atoms with Gasteiger partial charge < -0.3 is 15.3 Å². The summed E-state index contributed by atoms with van der Waals surface area (Å²) in [5.74, 6) is -1.66. The third-order valence-corrected chi connectivity index (χ3v) is 6.87. The number of aromatic nitrogens is 2. The summed E-state index contributed by atoms with van der Waals surface area (Å²) in [6.07, 6.45) is -0.150. The average molecular weight is 483 g/mol.